The van der Waals surface area contributed by atoms with Gasteiger partial charge in [-0.05, 0) is 25.5 Å². The molecule has 0 radical (unpaired) electrons. The van der Waals surface area contributed by atoms with Crippen molar-refractivity contribution in [3.05, 3.63) is 24.3 Å². The van der Waals surface area contributed by atoms with E-state index in [2.05, 4.69) is 12.2 Å². The number of nitrogens with zero attached hydrogens (tertiary/aromatic N) is 1. The smallest absolute Gasteiger partial charge is 0.227 e. The molecule has 0 unspecified atom stereocenters. The van der Waals surface area contributed by atoms with Crippen molar-refractivity contribution in [3.63, 3.8) is 0 Å². The predicted octanol–water partition coefficient (Wildman–Crippen LogP) is 2.50. The lowest BCUT2D eigenvalue weighted by Gasteiger charge is -2.33. The van der Waals surface area contributed by atoms with E-state index in [9.17, 15) is 9.59 Å². The zero-order valence-electron chi connectivity index (χ0n) is 13.3. The third kappa shape index (κ3) is 4.23. The predicted molar refractivity (Wildman–Crippen MR) is 86.0 cm³/mol. The molecule has 0 aromatic heterocycles. The summed E-state index contributed by atoms with van der Waals surface area (Å²) in [5.74, 6) is 0.631. The van der Waals surface area contributed by atoms with Gasteiger partial charge in [0.15, 0.2) is 0 Å². The fourth-order valence-electron chi connectivity index (χ4n) is 2.47. The fourth-order valence-corrected chi connectivity index (χ4v) is 2.47. The van der Waals surface area contributed by atoms with Crippen molar-refractivity contribution >= 4 is 17.5 Å². The molecule has 0 bridgehead atoms. The van der Waals surface area contributed by atoms with Crippen LogP contribution in [0.4, 0.5) is 5.69 Å². The third-order valence-corrected chi connectivity index (χ3v) is 3.64. The summed E-state index contributed by atoms with van der Waals surface area (Å²) < 4.78 is 5.73. The molecule has 1 heterocycles. The van der Waals surface area contributed by atoms with Gasteiger partial charge in [0.25, 0.3) is 0 Å². The van der Waals surface area contributed by atoms with Gasteiger partial charge in [-0.25, -0.2) is 0 Å². The van der Waals surface area contributed by atoms with Crippen LogP contribution < -0.4 is 15.0 Å². The van der Waals surface area contributed by atoms with Crippen molar-refractivity contribution in [3.8, 4) is 5.75 Å². The van der Waals surface area contributed by atoms with Crippen molar-refractivity contribution in [2.45, 2.75) is 45.6 Å². The molecule has 1 atom stereocenters. The molecule has 0 aliphatic carbocycles. The van der Waals surface area contributed by atoms with E-state index in [-0.39, 0.29) is 30.8 Å². The molecular formula is C17H24N2O3. The van der Waals surface area contributed by atoms with Gasteiger partial charge in [-0.2, -0.15) is 0 Å². The minimum Gasteiger partial charge on any atom is -0.487 e. The summed E-state index contributed by atoms with van der Waals surface area (Å²) in [5.41, 5.74) is 0.789. The number of para-hydroxylation sites is 2. The summed E-state index contributed by atoms with van der Waals surface area (Å²) in [5, 5.41) is 2.84. The Hall–Kier alpha value is -2.04. The Bertz CT molecular complexity index is 530. The fraction of sp³-hybridized carbons (Fsp3) is 0.529. The van der Waals surface area contributed by atoms with Gasteiger partial charge in [0, 0.05) is 19.4 Å². The first-order valence-corrected chi connectivity index (χ1v) is 7.94. The van der Waals surface area contributed by atoms with E-state index in [0.29, 0.717) is 13.1 Å². The molecule has 2 rings (SSSR count). The van der Waals surface area contributed by atoms with Crippen molar-refractivity contribution in [2.24, 2.45) is 0 Å². The minimum absolute atomic E-state index is 0.0340. The second kappa shape index (κ2) is 7.82. The summed E-state index contributed by atoms with van der Waals surface area (Å²) in [6.45, 7) is 5.22. The molecule has 0 saturated heterocycles. The summed E-state index contributed by atoms with van der Waals surface area (Å²) in [7, 11) is 0. The van der Waals surface area contributed by atoms with E-state index in [4.69, 9.17) is 4.74 Å². The Morgan fingerprint density at radius 3 is 2.86 bits per heavy atom. The molecule has 0 fully saturated rings. The van der Waals surface area contributed by atoms with Crippen LogP contribution >= 0.6 is 0 Å². The van der Waals surface area contributed by atoms with E-state index in [1.165, 1.54) is 0 Å². The van der Waals surface area contributed by atoms with Gasteiger partial charge in [-0.1, -0.05) is 25.5 Å². The number of nitrogens with one attached hydrogen (secondary N) is 1. The first-order valence-electron chi connectivity index (χ1n) is 7.94. The topological polar surface area (TPSA) is 58.6 Å². The second-order valence-corrected chi connectivity index (χ2v) is 5.60. The maximum atomic E-state index is 12.4. The maximum Gasteiger partial charge on any atom is 0.227 e. The van der Waals surface area contributed by atoms with Crippen LogP contribution in [0.25, 0.3) is 0 Å². The zero-order chi connectivity index (χ0) is 15.9. The number of amides is 2. The quantitative estimate of drug-likeness (QED) is 0.822. The average Bonchev–Trinajstić information content (AvgIpc) is 2.52. The molecule has 1 aromatic rings. The number of carbonyl (C=O) groups is 2. The van der Waals surface area contributed by atoms with Crippen molar-refractivity contribution < 1.29 is 14.3 Å². The van der Waals surface area contributed by atoms with Gasteiger partial charge in [-0.3, -0.25) is 9.59 Å². The molecule has 5 nitrogen and oxygen atoms in total. The van der Waals surface area contributed by atoms with E-state index in [1.54, 1.807) is 4.90 Å². The van der Waals surface area contributed by atoms with E-state index in [0.717, 1.165) is 24.3 Å². The van der Waals surface area contributed by atoms with Crippen molar-refractivity contribution in [2.75, 3.05) is 18.0 Å². The average molecular weight is 304 g/mol. The Morgan fingerprint density at radius 2 is 2.09 bits per heavy atom. The first kappa shape index (κ1) is 16.3. The molecule has 0 spiro atoms. The summed E-state index contributed by atoms with van der Waals surface area (Å²) >= 11 is 0. The first-order chi connectivity index (χ1) is 10.6. The highest BCUT2D eigenvalue weighted by Gasteiger charge is 2.27. The minimum atomic E-state index is -0.0589. The third-order valence-electron chi connectivity index (χ3n) is 3.64. The van der Waals surface area contributed by atoms with Crippen molar-refractivity contribution in [1.29, 1.82) is 0 Å². The Labute approximate surface area is 131 Å². The number of ether oxygens (including phenoxy) is 1. The number of rotatable bonds is 6. The number of anilines is 1. The van der Waals surface area contributed by atoms with Crippen LogP contribution in [-0.4, -0.2) is 31.0 Å². The highest BCUT2D eigenvalue weighted by Crippen LogP contribution is 2.33. The van der Waals surface area contributed by atoms with Crippen LogP contribution in [0.15, 0.2) is 24.3 Å². The maximum absolute atomic E-state index is 12.4. The molecule has 1 aromatic carbocycles. The van der Waals surface area contributed by atoms with Crippen LogP contribution in [0, 0.1) is 0 Å². The molecule has 1 N–H and O–H groups in total. The molecule has 5 heteroatoms. The summed E-state index contributed by atoms with van der Waals surface area (Å²) in [6.07, 6.45) is 2.42. The van der Waals surface area contributed by atoms with Gasteiger partial charge in [0.1, 0.15) is 11.9 Å². The van der Waals surface area contributed by atoms with E-state index >= 15 is 0 Å². The van der Waals surface area contributed by atoms with Gasteiger partial charge < -0.3 is 15.0 Å². The number of benzene rings is 1. The SMILES string of the molecule is CCCCNC(=O)CCC(=O)N1C[C@H](C)Oc2ccccc21. The molecule has 2 amide bonds. The van der Waals surface area contributed by atoms with Gasteiger partial charge in [0.2, 0.25) is 11.8 Å². The number of unbranched alkanes of at least 4 members (excludes halogenated alkanes) is 1. The monoisotopic (exact) mass is 304 g/mol. The molecule has 0 saturated carbocycles. The highest BCUT2D eigenvalue weighted by atomic mass is 16.5. The van der Waals surface area contributed by atoms with Gasteiger partial charge in [-0.15, -0.1) is 0 Å². The largest absolute Gasteiger partial charge is 0.487 e. The Balaban J connectivity index is 1.91. The van der Waals surface area contributed by atoms with Crippen LogP contribution in [0.2, 0.25) is 0 Å². The normalized spacial score (nSPS) is 16.6. The number of carbonyl (C=O) groups excluding carboxylic acids is 2. The van der Waals surface area contributed by atoms with Crippen LogP contribution in [0.5, 0.6) is 5.75 Å². The molecule has 120 valence electrons. The zero-order valence-corrected chi connectivity index (χ0v) is 13.3. The molecule has 1 aliphatic rings. The Morgan fingerprint density at radius 1 is 1.32 bits per heavy atom. The lowest BCUT2D eigenvalue weighted by atomic mass is 10.1. The van der Waals surface area contributed by atoms with Gasteiger partial charge >= 0.3 is 0 Å². The van der Waals surface area contributed by atoms with E-state index in [1.807, 2.05) is 31.2 Å². The lowest BCUT2D eigenvalue weighted by Crippen LogP contribution is -2.42. The van der Waals surface area contributed by atoms with Crippen LogP contribution in [0.3, 0.4) is 0 Å². The summed E-state index contributed by atoms with van der Waals surface area (Å²) in [6, 6.07) is 7.51. The van der Waals surface area contributed by atoms with Crippen molar-refractivity contribution in [1.82, 2.24) is 5.32 Å². The molecule has 22 heavy (non-hydrogen) atoms. The number of hydrogen-bond acceptors (Lipinski definition) is 3. The summed E-state index contributed by atoms with van der Waals surface area (Å²) in [4.78, 5) is 25.9. The van der Waals surface area contributed by atoms with Crippen LogP contribution in [-0.2, 0) is 9.59 Å². The molecule has 1 aliphatic heterocycles. The lowest BCUT2D eigenvalue weighted by molar-refractivity contribution is -0.125. The number of fused-ring (bicyclic) bond motifs is 1. The van der Waals surface area contributed by atoms with Gasteiger partial charge in [0.05, 0.1) is 12.2 Å². The molecular weight excluding hydrogens is 280 g/mol. The highest BCUT2D eigenvalue weighted by molar-refractivity contribution is 5.97. The standard InChI is InChI=1S/C17H24N2O3/c1-3-4-11-18-16(20)9-10-17(21)19-12-13(2)22-15-8-6-5-7-14(15)19/h5-8,13H,3-4,9-12H2,1-2H3,(H,18,20)/t13-/m0/s1. The Kier molecular flexibility index (Phi) is 5.81. The van der Waals surface area contributed by atoms with Crippen LogP contribution in [0.1, 0.15) is 39.5 Å². The van der Waals surface area contributed by atoms with E-state index < -0.39 is 0 Å². The second-order valence-electron chi connectivity index (χ2n) is 5.60. The number of hydrogen-bond donors (Lipinski definition) is 1.